The predicted molar refractivity (Wildman–Crippen MR) is 227 cm³/mol. The number of hydrogen-bond donors (Lipinski definition) is 2. The van der Waals surface area contributed by atoms with Crippen molar-refractivity contribution in [1.29, 1.82) is 0 Å². The Labute approximate surface area is 366 Å². The Kier molecular flexibility index (Phi) is 9.33. The summed E-state index contributed by atoms with van der Waals surface area (Å²) in [5, 5.41) is 6.59. The second-order valence-corrected chi connectivity index (χ2v) is 24.0. The molecule has 0 radical (unpaired) electrons. The molecule has 0 aromatic heterocycles. The van der Waals surface area contributed by atoms with Crippen molar-refractivity contribution in [3.05, 3.63) is 36.5 Å². The lowest BCUT2D eigenvalue weighted by Gasteiger charge is -2.57. The van der Waals surface area contributed by atoms with E-state index in [1.54, 1.807) is 0 Å². The zero-order valence-electron chi connectivity index (χ0n) is 36.4. The highest BCUT2D eigenvalue weighted by atomic mass is 16.6. The first-order valence-corrected chi connectivity index (χ1v) is 25.1. The Morgan fingerprint density at radius 3 is 1.06 bits per heavy atom. The first kappa shape index (κ1) is 40.0. The first-order chi connectivity index (χ1) is 29.9. The maximum atomic E-state index is 14.7. The molecule has 0 heterocycles. The Hall–Kier alpha value is -3.56. The number of nitrogens with one attached hydrogen (secondary N) is 2. The molecule has 0 aliphatic heterocycles. The molecule has 10 nitrogen and oxygen atoms in total. The lowest BCUT2D eigenvalue weighted by atomic mass is 9.49. The van der Waals surface area contributed by atoms with Crippen LogP contribution in [0.4, 0.5) is 0 Å². The molecule has 17 aliphatic rings. The highest BCUT2D eigenvalue weighted by Gasteiger charge is 2.62. The van der Waals surface area contributed by atoms with Crippen molar-refractivity contribution in [1.82, 2.24) is 10.6 Å². The number of carbonyl (C=O) groups is 6. The van der Waals surface area contributed by atoms with Gasteiger partial charge in [-0.15, -0.1) is 0 Å². The largest absolute Gasteiger partial charge is 0.392 e. The lowest BCUT2D eigenvalue weighted by molar-refractivity contribution is -0.188. The van der Waals surface area contributed by atoms with E-state index < -0.39 is 46.5 Å². The SMILES string of the molecule is O=C(OC(=O)[C@]1(C(=O)NCC23CC4CC(CC(C4)C2)C3)C[C@H]2C=CC1CC2)C1C2C=CC(CC2)C1C(=O)OC(=O)[C@]1(C(=O)NCC23CC4CC(CC(C4)C2)C3)C[C@H]2C=CC1CC2. The summed E-state index contributed by atoms with van der Waals surface area (Å²) in [7, 11) is 0. The van der Waals surface area contributed by atoms with Gasteiger partial charge in [0.15, 0.2) is 10.8 Å². The number of hydrogen-bond acceptors (Lipinski definition) is 8. The zero-order chi connectivity index (χ0) is 42.2. The molecular formula is C52H66N2O8. The van der Waals surface area contributed by atoms with Crippen molar-refractivity contribution < 1.29 is 38.2 Å². The summed E-state index contributed by atoms with van der Waals surface area (Å²) >= 11 is 0. The molecule has 62 heavy (non-hydrogen) atoms. The summed E-state index contributed by atoms with van der Waals surface area (Å²) in [6, 6.07) is 0. The molecule has 17 rings (SSSR count). The van der Waals surface area contributed by atoms with E-state index >= 15 is 0 Å². The topological polar surface area (TPSA) is 145 Å². The van der Waals surface area contributed by atoms with E-state index in [2.05, 4.69) is 22.8 Å². The van der Waals surface area contributed by atoms with Gasteiger partial charge in [0.1, 0.15) is 0 Å². The minimum absolute atomic E-state index is 0.0391. The maximum absolute atomic E-state index is 14.7. The number of esters is 4. The first-order valence-electron chi connectivity index (χ1n) is 25.1. The van der Waals surface area contributed by atoms with Gasteiger partial charge in [0.05, 0.1) is 11.8 Å². The Bertz CT molecular complexity index is 1840. The molecule has 11 fully saturated rings. The lowest BCUT2D eigenvalue weighted by Crippen LogP contribution is -2.59. The Balaban J connectivity index is 0.764. The average Bonchev–Trinajstić information content (AvgIpc) is 3.27. The molecule has 10 heteroatoms. The third-order valence-corrected chi connectivity index (χ3v) is 20.2. The minimum Gasteiger partial charge on any atom is -0.392 e. The van der Waals surface area contributed by atoms with Crippen molar-refractivity contribution in [3.63, 3.8) is 0 Å². The summed E-state index contributed by atoms with van der Waals surface area (Å²) in [5.74, 6) is -3.14. The molecule has 6 unspecified atom stereocenters. The highest BCUT2D eigenvalue weighted by molar-refractivity contribution is 6.08. The molecule has 0 aromatic rings. The smallest absolute Gasteiger partial charge is 0.329 e. The van der Waals surface area contributed by atoms with Crippen molar-refractivity contribution in [2.45, 2.75) is 128 Å². The van der Waals surface area contributed by atoms with E-state index in [0.717, 1.165) is 86.9 Å². The van der Waals surface area contributed by atoms with Crippen LogP contribution in [0.5, 0.6) is 0 Å². The molecule has 2 amide bonds. The molecule has 11 saturated carbocycles. The third kappa shape index (κ3) is 6.26. The summed E-state index contributed by atoms with van der Waals surface area (Å²) in [5.41, 5.74) is -2.88. The van der Waals surface area contributed by atoms with Gasteiger partial charge in [-0.25, -0.2) is 0 Å². The molecule has 10 atom stereocenters. The maximum Gasteiger partial charge on any atom is 0.329 e. The highest BCUT2D eigenvalue weighted by Crippen LogP contribution is 2.62. The number of fused-ring (bicyclic) bond motifs is 6. The molecule has 332 valence electrons. The van der Waals surface area contributed by atoms with Crippen LogP contribution in [-0.4, -0.2) is 48.8 Å². The standard InChI is InChI=1S/C52H66N2O8/c55-43(61-47(59)51(25-29-1-9-39(51)10-2-29)45(57)53-27-49-19-31-13-32(20-49)15-33(14-31)21-49)41-37-5-7-38(8-6-37)42(41)44(56)62-48(60)52(26-30-3-11-40(52)12-4-30)46(58)54-28-50-22-34-16-35(23-50)18-36(17-34)24-50/h1,3,5,7,9,11,29-42H,2,4,6,8,10,12-28H2,(H,53,57)(H,54,58)/t29-,30-,31?,32?,33?,34?,35?,36?,37?,38?,39?,40?,41?,42?,49?,50?,51+,52+/m0/s1. The normalized spacial score (nSPS) is 48.9. The van der Waals surface area contributed by atoms with Gasteiger partial charge in [0.2, 0.25) is 11.8 Å². The van der Waals surface area contributed by atoms with Gasteiger partial charge in [-0.3, -0.25) is 28.8 Å². The quantitative estimate of drug-likeness (QED) is 0.130. The van der Waals surface area contributed by atoms with E-state index in [-0.39, 0.29) is 58.2 Å². The monoisotopic (exact) mass is 846 g/mol. The molecular weight excluding hydrogens is 781 g/mol. The van der Waals surface area contributed by atoms with E-state index in [0.29, 0.717) is 51.6 Å². The molecule has 17 aliphatic carbocycles. The van der Waals surface area contributed by atoms with Crippen LogP contribution in [-0.2, 0) is 38.2 Å². The number of allylic oxidation sites excluding steroid dienone is 6. The second kappa shape index (κ2) is 14.5. The van der Waals surface area contributed by atoms with Crippen LogP contribution in [0.2, 0.25) is 0 Å². The van der Waals surface area contributed by atoms with Crippen LogP contribution in [0.1, 0.15) is 128 Å². The van der Waals surface area contributed by atoms with Crippen LogP contribution >= 0.6 is 0 Å². The Morgan fingerprint density at radius 2 is 0.790 bits per heavy atom. The van der Waals surface area contributed by atoms with Crippen LogP contribution in [0.15, 0.2) is 36.5 Å². The van der Waals surface area contributed by atoms with Gasteiger partial charge in [0.25, 0.3) is 0 Å². The molecule has 2 N–H and O–H groups in total. The van der Waals surface area contributed by atoms with Gasteiger partial charge < -0.3 is 20.1 Å². The fourth-order valence-corrected chi connectivity index (χ4v) is 18.2. The average molecular weight is 847 g/mol. The van der Waals surface area contributed by atoms with Gasteiger partial charge in [-0.2, -0.15) is 0 Å². The zero-order valence-corrected chi connectivity index (χ0v) is 36.4. The van der Waals surface area contributed by atoms with E-state index in [4.69, 9.17) is 9.47 Å². The fourth-order valence-electron chi connectivity index (χ4n) is 18.2. The van der Waals surface area contributed by atoms with E-state index in [9.17, 15) is 28.8 Å². The Morgan fingerprint density at radius 1 is 0.435 bits per heavy atom. The second-order valence-electron chi connectivity index (χ2n) is 24.0. The molecule has 0 saturated heterocycles. The molecule has 0 spiro atoms. The number of amides is 2. The number of rotatable bonds is 10. The summed E-state index contributed by atoms with van der Waals surface area (Å²) in [4.78, 5) is 87.6. The van der Waals surface area contributed by atoms with Gasteiger partial charge in [0, 0.05) is 24.9 Å². The van der Waals surface area contributed by atoms with Crippen molar-refractivity contribution in [2.24, 2.45) is 105 Å². The van der Waals surface area contributed by atoms with Crippen molar-refractivity contribution >= 4 is 35.7 Å². The van der Waals surface area contributed by atoms with Crippen LogP contribution in [0.3, 0.4) is 0 Å². The number of carbonyl (C=O) groups excluding carboxylic acids is 6. The van der Waals surface area contributed by atoms with Crippen molar-refractivity contribution in [2.75, 3.05) is 13.1 Å². The molecule has 14 bridgehead atoms. The van der Waals surface area contributed by atoms with E-state index in [1.807, 2.05) is 24.3 Å². The minimum atomic E-state index is -1.52. The van der Waals surface area contributed by atoms with Crippen molar-refractivity contribution in [3.8, 4) is 0 Å². The van der Waals surface area contributed by atoms with Crippen LogP contribution in [0, 0.1) is 105 Å². The summed E-state index contributed by atoms with van der Waals surface area (Å²) in [6.45, 7) is 1.11. The van der Waals surface area contributed by atoms with E-state index in [1.165, 1.54) is 38.5 Å². The summed E-state index contributed by atoms with van der Waals surface area (Å²) in [6.07, 6.45) is 31.6. The third-order valence-electron chi connectivity index (χ3n) is 20.2. The predicted octanol–water partition coefficient (Wildman–Crippen LogP) is 7.56. The van der Waals surface area contributed by atoms with Gasteiger partial charge in [-0.05, 0) is 198 Å². The van der Waals surface area contributed by atoms with Gasteiger partial charge in [-0.1, -0.05) is 36.5 Å². The fraction of sp³-hybridized carbons (Fsp3) is 0.769. The van der Waals surface area contributed by atoms with Gasteiger partial charge >= 0.3 is 23.9 Å². The van der Waals surface area contributed by atoms with Crippen LogP contribution < -0.4 is 10.6 Å². The molecule has 0 aromatic carbocycles. The summed E-state index contributed by atoms with van der Waals surface area (Å²) < 4.78 is 11.8. The van der Waals surface area contributed by atoms with Crippen LogP contribution in [0.25, 0.3) is 0 Å². The number of ether oxygens (including phenoxy) is 2.